The van der Waals surface area contributed by atoms with Gasteiger partial charge in [0.25, 0.3) is 15.9 Å². The fraction of sp³-hybridized carbons (Fsp3) is 0.136. The summed E-state index contributed by atoms with van der Waals surface area (Å²) in [5.74, 6) is 0.126. The number of nitrogens with one attached hydrogen (secondary N) is 2. The average molecular weight is 477 g/mol. The van der Waals surface area contributed by atoms with Crippen LogP contribution in [0, 0.1) is 6.92 Å². The molecule has 3 aromatic rings. The van der Waals surface area contributed by atoms with Crippen LogP contribution >= 0.6 is 23.4 Å². The van der Waals surface area contributed by atoms with Crippen LogP contribution in [0.1, 0.15) is 5.56 Å². The maximum Gasteiger partial charge on any atom is 0.262 e. The zero-order chi connectivity index (χ0) is 22.4. The van der Waals surface area contributed by atoms with Crippen molar-refractivity contribution in [1.29, 1.82) is 0 Å². The first-order valence-electron chi connectivity index (χ1n) is 9.23. The van der Waals surface area contributed by atoms with Crippen molar-refractivity contribution >= 4 is 50.7 Å². The van der Waals surface area contributed by atoms with Gasteiger partial charge in [-0.1, -0.05) is 23.7 Å². The van der Waals surface area contributed by atoms with Crippen LogP contribution in [0.15, 0.2) is 76.5 Å². The topological polar surface area (TPSA) is 84.5 Å². The van der Waals surface area contributed by atoms with Crippen molar-refractivity contribution in [3.05, 3.63) is 77.3 Å². The van der Waals surface area contributed by atoms with Gasteiger partial charge in [0.1, 0.15) is 5.75 Å². The van der Waals surface area contributed by atoms with Gasteiger partial charge < -0.3 is 10.1 Å². The number of ether oxygens (including phenoxy) is 1. The average Bonchev–Trinajstić information content (AvgIpc) is 2.74. The second-order valence-corrected chi connectivity index (χ2v) is 9.54. The van der Waals surface area contributed by atoms with Crippen LogP contribution in [-0.4, -0.2) is 27.2 Å². The molecule has 0 aliphatic carbocycles. The monoisotopic (exact) mass is 476 g/mol. The van der Waals surface area contributed by atoms with Crippen LogP contribution in [0.2, 0.25) is 5.02 Å². The Labute approximate surface area is 191 Å². The maximum absolute atomic E-state index is 12.6. The summed E-state index contributed by atoms with van der Waals surface area (Å²) in [6, 6.07) is 18.3. The molecule has 0 atom stereocenters. The van der Waals surface area contributed by atoms with Crippen molar-refractivity contribution in [2.45, 2.75) is 16.7 Å². The van der Waals surface area contributed by atoms with Crippen LogP contribution < -0.4 is 14.8 Å². The van der Waals surface area contributed by atoms with Gasteiger partial charge in [-0.25, -0.2) is 8.42 Å². The number of halogens is 1. The second kappa shape index (κ2) is 10.1. The highest BCUT2D eigenvalue weighted by atomic mass is 35.5. The van der Waals surface area contributed by atoms with Gasteiger partial charge in [-0.2, -0.15) is 0 Å². The number of carbonyl (C=O) groups excluding carboxylic acids is 1. The molecular weight excluding hydrogens is 456 g/mol. The van der Waals surface area contributed by atoms with Gasteiger partial charge in [0.2, 0.25) is 0 Å². The summed E-state index contributed by atoms with van der Waals surface area (Å²) in [4.78, 5) is 13.3. The third-order valence-corrected chi connectivity index (χ3v) is 6.72. The summed E-state index contributed by atoms with van der Waals surface area (Å²) < 4.78 is 33.4. The summed E-state index contributed by atoms with van der Waals surface area (Å²) in [5.41, 5.74) is 1.72. The summed E-state index contributed by atoms with van der Waals surface area (Å²) in [6.45, 7) is 1.52. The first kappa shape index (κ1) is 23.0. The lowest BCUT2D eigenvalue weighted by atomic mass is 10.2. The van der Waals surface area contributed by atoms with Crippen molar-refractivity contribution in [3.8, 4) is 5.75 Å². The molecule has 0 saturated carbocycles. The first-order chi connectivity index (χ1) is 14.8. The maximum atomic E-state index is 12.6. The molecule has 2 N–H and O–H groups in total. The number of hydrogen-bond donors (Lipinski definition) is 2. The summed E-state index contributed by atoms with van der Waals surface area (Å²) in [6.07, 6.45) is 1.93. The highest BCUT2D eigenvalue weighted by Crippen LogP contribution is 2.26. The Bertz CT molecular complexity index is 1180. The molecule has 162 valence electrons. The zero-order valence-electron chi connectivity index (χ0n) is 16.9. The minimum Gasteiger partial charge on any atom is -0.483 e. The minimum absolute atomic E-state index is 0.0886. The molecule has 0 aliphatic heterocycles. The predicted molar refractivity (Wildman–Crippen MR) is 126 cm³/mol. The number of anilines is 2. The summed E-state index contributed by atoms with van der Waals surface area (Å²) in [7, 11) is -3.78. The lowest BCUT2D eigenvalue weighted by Crippen LogP contribution is -2.21. The van der Waals surface area contributed by atoms with Crippen LogP contribution in [0.3, 0.4) is 0 Å². The Morgan fingerprint density at radius 1 is 1.06 bits per heavy atom. The number of para-hydroxylation sites is 1. The Kier molecular flexibility index (Phi) is 7.48. The molecule has 6 nitrogen and oxygen atoms in total. The smallest absolute Gasteiger partial charge is 0.262 e. The van der Waals surface area contributed by atoms with E-state index in [1.807, 2.05) is 30.5 Å². The molecule has 0 aliphatic rings. The summed E-state index contributed by atoms with van der Waals surface area (Å²) >= 11 is 7.36. The quantitative estimate of drug-likeness (QED) is 0.437. The Hall–Kier alpha value is -2.68. The van der Waals surface area contributed by atoms with E-state index in [4.69, 9.17) is 16.3 Å². The Balaban J connectivity index is 1.65. The predicted octanol–water partition coefficient (Wildman–Crippen LogP) is 5.19. The molecule has 0 bridgehead atoms. The van der Waals surface area contributed by atoms with Crippen molar-refractivity contribution < 1.29 is 17.9 Å². The fourth-order valence-electron chi connectivity index (χ4n) is 2.76. The van der Waals surface area contributed by atoms with Crippen molar-refractivity contribution in [2.24, 2.45) is 0 Å². The molecule has 0 saturated heterocycles. The van der Waals surface area contributed by atoms with Gasteiger partial charge in [-0.3, -0.25) is 9.52 Å². The van der Waals surface area contributed by atoms with E-state index in [1.54, 1.807) is 31.2 Å². The molecule has 9 heteroatoms. The van der Waals surface area contributed by atoms with Gasteiger partial charge in [-0.15, -0.1) is 11.8 Å². The van der Waals surface area contributed by atoms with Gasteiger partial charge >= 0.3 is 0 Å². The van der Waals surface area contributed by atoms with Crippen molar-refractivity contribution in [1.82, 2.24) is 0 Å². The molecule has 0 aromatic heterocycles. The molecule has 3 rings (SSSR count). The highest BCUT2D eigenvalue weighted by Gasteiger charge is 2.16. The third-order valence-electron chi connectivity index (χ3n) is 4.29. The molecule has 0 radical (unpaired) electrons. The van der Waals surface area contributed by atoms with Crippen LogP contribution in [0.5, 0.6) is 5.75 Å². The number of carbonyl (C=O) groups is 1. The van der Waals surface area contributed by atoms with E-state index in [2.05, 4.69) is 10.0 Å². The van der Waals surface area contributed by atoms with Crippen molar-refractivity contribution in [2.75, 3.05) is 22.9 Å². The van der Waals surface area contributed by atoms with E-state index in [1.165, 1.54) is 30.0 Å². The highest BCUT2D eigenvalue weighted by molar-refractivity contribution is 7.98. The number of hydrogen-bond acceptors (Lipinski definition) is 5. The first-order valence-corrected chi connectivity index (χ1v) is 12.3. The lowest BCUT2D eigenvalue weighted by Gasteiger charge is -2.13. The largest absolute Gasteiger partial charge is 0.483 e. The molecule has 3 aromatic carbocycles. The molecular formula is C22H21ClN2O4S2. The van der Waals surface area contributed by atoms with Crippen molar-refractivity contribution in [3.63, 3.8) is 0 Å². The minimum atomic E-state index is -3.78. The molecule has 0 unspecified atom stereocenters. The molecule has 0 fully saturated rings. The standard InChI is InChI=1S/C22H21ClN2O4S2/c1-15-13-18(31(27,28)25-17-9-7-16(23)8-10-17)11-12-20(15)29-14-22(26)24-19-5-3-4-6-21(19)30-2/h3-13,25H,14H2,1-2H3,(H,24,26). The van der Waals surface area contributed by atoms with Crippen LogP contribution in [0.25, 0.3) is 0 Å². The Morgan fingerprint density at radius 2 is 1.77 bits per heavy atom. The molecule has 1 amide bonds. The normalized spacial score (nSPS) is 11.1. The number of rotatable bonds is 8. The number of benzene rings is 3. The number of sulfonamides is 1. The molecule has 0 heterocycles. The van der Waals surface area contributed by atoms with E-state index >= 15 is 0 Å². The van der Waals surface area contributed by atoms with E-state index in [9.17, 15) is 13.2 Å². The van der Waals surface area contributed by atoms with E-state index in [0.717, 1.165) is 10.6 Å². The van der Waals surface area contributed by atoms with Gasteiger partial charge in [0.15, 0.2) is 6.61 Å². The van der Waals surface area contributed by atoms with E-state index in [0.29, 0.717) is 22.0 Å². The Morgan fingerprint density at radius 3 is 2.45 bits per heavy atom. The van der Waals surface area contributed by atoms with Gasteiger partial charge in [-0.05, 0) is 73.3 Å². The van der Waals surface area contributed by atoms with Crippen LogP contribution in [0.4, 0.5) is 11.4 Å². The van der Waals surface area contributed by atoms with E-state index in [-0.39, 0.29) is 17.4 Å². The lowest BCUT2D eigenvalue weighted by molar-refractivity contribution is -0.118. The fourth-order valence-corrected chi connectivity index (χ4v) is 4.58. The SMILES string of the molecule is CSc1ccccc1NC(=O)COc1ccc(S(=O)(=O)Nc2ccc(Cl)cc2)cc1C. The second-order valence-electron chi connectivity index (χ2n) is 6.58. The zero-order valence-corrected chi connectivity index (χ0v) is 19.3. The number of aryl methyl sites for hydroxylation is 1. The molecule has 31 heavy (non-hydrogen) atoms. The van der Waals surface area contributed by atoms with Gasteiger partial charge in [0.05, 0.1) is 10.6 Å². The number of thioether (sulfide) groups is 1. The third kappa shape index (κ3) is 6.16. The summed E-state index contributed by atoms with van der Waals surface area (Å²) in [5, 5.41) is 3.33. The van der Waals surface area contributed by atoms with E-state index < -0.39 is 10.0 Å². The number of amides is 1. The van der Waals surface area contributed by atoms with Crippen LogP contribution in [-0.2, 0) is 14.8 Å². The molecule has 0 spiro atoms. The van der Waals surface area contributed by atoms with Gasteiger partial charge in [0, 0.05) is 15.6 Å².